The van der Waals surface area contributed by atoms with Crippen molar-refractivity contribution in [3.63, 3.8) is 0 Å². The normalized spacial score (nSPS) is 14.1. The van der Waals surface area contributed by atoms with Gasteiger partial charge in [-0.15, -0.1) is 0 Å². The third-order valence-corrected chi connectivity index (χ3v) is 7.88. The van der Waals surface area contributed by atoms with E-state index in [1.807, 2.05) is 18.2 Å². The monoisotopic (exact) mass is 663 g/mol. The number of benzene rings is 2. The number of hydrogen-bond acceptors (Lipinski definition) is 7. The minimum Gasteiger partial charge on any atom is -0.481 e. The van der Waals surface area contributed by atoms with Crippen molar-refractivity contribution in [3.8, 4) is 22.4 Å². The van der Waals surface area contributed by atoms with Crippen molar-refractivity contribution in [2.45, 2.75) is 83.0 Å². The van der Waals surface area contributed by atoms with Gasteiger partial charge in [0.25, 0.3) is 0 Å². The van der Waals surface area contributed by atoms with Crippen molar-refractivity contribution in [2.75, 3.05) is 6.54 Å². The lowest BCUT2D eigenvalue weighted by Crippen LogP contribution is -2.30. The Morgan fingerprint density at radius 3 is 2.35 bits per heavy atom. The number of hydrogen-bond donors (Lipinski definition) is 7. The van der Waals surface area contributed by atoms with E-state index in [0.29, 0.717) is 19.4 Å². The molecule has 3 aromatic rings. The number of aliphatic hydroxyl groups excluding tert-OH is 2. The van der Waals surface area contributed by atoms with Gasteiger partial charge in [0.1, 0.15) is 11.9 Å². The molecule has 1 unspecified atom stereocenters. The smallest absolute Gasteiger partial charge is 0.320 e. The molecule has 0 fully saturated rings. The van der Waals surface area contributed by atoms with Crippen LogP contribution < -0.4 is 17.2 Å². The minimum atomic E-state index is -1.15. The number of fused-ring (bicyclic) bond motifs is 3. The Balaban J connectivity index is 0.000000444. The van der Waals surface area contributed by atoms with Crippen LogP contribution in [0.15, 0.2) is 59.6 Å². The summed E-state index contributed by atoms with van der Waals surface area (Å²) in [7, 11) is 0. The van der Waals surface area contributed by atoms with E-state index in [1.54, 1.807) is 18.2 Å². The first-order valence-corrected chi connectivity index (χ1v) is 16.0. The predicted octanol–water partition coefficient (Wildman–Crippen LogP) is 4.22. The molecule has 0 radical (unpaired) electrons. The second kappa shape index (κ2) is 18.0. The molecule has 12 heteroatoms. The first-order valence-electron chi connectivity index (χ1n) is 16.0. The molecule has 1 aliphatic rings. The van der Waals surface area contributed by atoms with Crippen LogP contribution in [-0.4, -0.2) is 68.1 Å². The van der Waals surface area contributed by atoms with E-state index in [-0.39, 0.29) is 24.1 Å². The lowest BCUT2D eigenvalue weighted by Gasteiger charge is -2.22. The molecule has 48 heavy (non-hydrogen) atoms. The molecule has 0 saturated carbocycles. The molecule has 0 aliphatic heterocycles. The molecule has 0 amide bonds. The van der Waals surface area contributed by atoms with Crippen LogP contribution in [0.2, 0.25) is 0 Å². The number of halogens is 1. The molecule has 11 nitrogen and oxygen atoms in total. The number of nitrogens with zero attached hydrogens (tertiary/aromatic N) is 2. The van der Waals surface area contributed by atoms with Crippen LogP contribution in [0.5, 0.6) is 0 Å². The van der Waals surface area contributed by atoms with Crippen molar-refractivity contribution in [2.24, 2.45) is 22.2 Å². The third kappa shape index (κ3) is 11.0. The number of aryl methyl sites for hydroxylation is 1. The number of aliphatic carboxylic acids is 2. The highest BCUT2D eigenvalue weighted by Gasteiger charge is 2.25. The molecule has 10 N–H and O–H groups in total. The van der Waals surface area contributed by atoms with Crippen molar-refractivity contribution in [1.29, 1.82) is 0 Å². The lowest BCUT2D eigenvalue weighted by atomic mass is 9.86. The second-order valence-electron chi connectivity index (χ2n) is 12.1. The molecule has 1 aliphatic carbocycles. The number of aliphatic hydroxyl groups is 2. The van der Waals surface area contributed by atoms with Gasteiger partial charge in [0, 0.05) is 24.1 Å². The van der Waals surface area contributed by atoms with Crippen LogP contribution in [0.4, 0.5) is 4.39 Å². The fourth-order valence-corrected chi connectivity index (χ4v) is 5.60. The Morgan fingerprint density at radius 2 is 1.73 bits per heavy atom. The number of carboxylic acids is 2. The minimum absolute atomic E-state index is 0.0129. The number of nitrogens with two attached hydrogens (primary N) is 3. The number of aromatic nitrogens is 1. The fourth-order valence-electron chi connectivity index (χ4n) is 5.60. The number of rotatable bonds is 13. The number of guanidine groups is 1. The van der Waals surface area contributed by atoms with Gasteiger partial charge in [-0.2, -0.15) is 0 Å². The Morgan fingerprint density at radius 1 is 1.04 bits per heavy atom. The molecule has 3 atom stereocenters. The number of carboxylic acid groups (broad SMARTS) is 2. The summed E-state index contributed by atoms with van der Waals surface area (Å²) < 4.78 is 13.9. The maximum Gasteiger partial charge on any atom is 0.320 e. The third-order valence-electron chi connectivity index (χ3n) is 7.88. The van der Waals surface area contributed by atoms with Gasteiger partial charge in [0.2, 0.25) is 0 Å². The topological polar surface area (TPSA) is 218 Å². The fraction of sp³-hybridized carbons (Fsp3) is 0.389. The van der Waals surface area contributed by atoms with E-state index in [9.17, 15) is 24.2 Å². The van der Waals surface area contributed by atoms with Crippen molar-refractivity contribution in [1.82, 2.24) is 4.98 Å². The summed E-state index contributed by atoms with van der Waals surface area (Å²) in [5.41, 5.74) is 23.3. The summed E-state index contributed by atoms with van der Waals surface area (Å²) in [4.78, 5) is 29.9. The maximum atomic E-state index is 13.9. The average Bonchev–Trinajstić information content (AvgIpc) is 3.20. The van der Waals surface area contributed by atoms with E-state index < -0.39 is 36.6 Å². The Bertz CT molecular complexity index is 1610. The van der Waals surface area contributed by atoms with E-state index in [1.165, 1.54) is 17.7 Å². The summed E-state index contributed by atoms with van der Waals surface area (Å²) in [5.74, 6) is -2.35. The van der Waals surface area contributed by atoms with Crippen LogP contribution >= 0.6 is 0 Å². The van der Waals surface area contributed by atoms with Crippen LogP contribution in [0.1, 0.15) is 74.3 Å². The predicted molar refractivity (Wildman–Crippen MR) is 185 cm³/mol. The average molecular weight is 664 g/mol. The van der Waals surface area contributed by atoms with Crippen LogP contribution in [0.25, 0.3) is 28.5 Å². The summed E-state index contributed by atoms with van der Waals surface area (Å²) in [6.07, 6.45) is 4.37. The zero-order valence-corrected chi connectivity index (χ0v) is 27.3. The van der Waals surface area contributed by atoms with Gasteiger partial charge in [0.05, 0.1) is 30.0 Å². The van der Waals surface area contributed by atoms with Gasteiger partial charge in [-0.25, -0.2) is 4.39 Å². The Labute approximate surface area is 280 Å². The highest BCUT2D eigenvalue weighted by molar-refractivity contribution is 5.86. The molecule has 0 spiro atoms. The summed E-state index contributed by atoms with van der Waals surface area (Å²) in [5, 5.41) is 37.7. The number of pyridine rings is 1. The van der Waals surface area contributed by atoms with Gasteiger partial charge in [0.15, 0.2) is 5.96 Å². The molecule has 1 heterocycles. The quantitative estimate of drug-likeness (QED) is 0.0784. The first-order chi connectivity index (χ1) is 22.8. The standard InChI is InChI=1S/C30H32FNO4.C6H14N4O2/c1-18(2)29-26(15-14-22(33)16-23(34)17-27(35)36)28(20-10-12-21(31)13-11-20)25-9-5-7-19-6-3-4-8-24(19)30(25)32-29;7-4(5(11)12)2-1-3-10-6(8)9/h3-4,6,8,10-15,18,22-23,33-34H,5,7,9,16-17H2,1-2H3,(H,35,36);4H,1-3,7H2,(H,11,12)(H4,8,9,10)/b15-14+;/t22-,23-;/m1./s1. The summed E-state index contributed by atoms with van der Waals surface area (Å²) in [6, 6.07) is 13.9. The molecule has 4 rings (SSSR count). The summed E-state index contributed by atoms with van der Waals surface area (Å²) in [6.45, 7) is 4.55. The molecule has 1 aromatic heterocycles. The largest absolute Gasteiger partial charge is 0.481 e. The molecule has 0 bridgehead atoms. The van der Waals surface area contributed by atoms with Crippen molar-refractivity contribution >= 4 is 24.0 Å². The number of aliphatic imine (C=N–C) groups is 1. The van der Waals surface area contributed by atoms with Crippen LogP contribution in [0, 0.1) is 5.82 Å². The van der Waals surface area contributed by atoms with E-state index >= 15 is 0 Å². The van der Waals surface area contributed by atoms with Gasteiger partial charge in [-0.3, -0.25) is 19.6 Å². The maximum absolute atomic E-state index is 13.9. The molecular formula is C36H46FN5O6. The number of carbonyl (C=O) groups is 2. The van der Waals surface area contributed by atoms with Crippen LogP contribution in [0.3, 0.4) is 0 Å². The zero-order chi connectivity index (χ0) is 35.4. The molecule has 258 valence electrons. The Kier molecular flexibility index (Phi) is 14.2. The lowest BCUT2D eigenvalue weighted by molar-refractivity contribution is -0.140. The van der Waals surface area contributed by atoms with Gasteiger partial charge in [-0.1, -0.05) is 62.4 Å². The molecule has 0 saturated heterocycles. The van der Waals surface area contributed by atoms with Crippen LogP contribution in [-0.2, 0) is 22.4 Å². The van der Waals surface area contributed by atoms with Crippen molar-refractivity contribution in [3.05, 3.63) is 82.8 Å². The van der Waals surface area contributed by atoms with E-state index in [4.69, 9.17) is 32.4 Å². The summed E-state index contributed by atoms with van der Waals surface area (Å²) >= 11 is 0. The first kappa shape index (κ1) is 37.8. The van der Waals surface area contributed by atoms with Gasteiger partial charge in [-0.05, 0) is 72.4 Å². The van der Waals surface area contributed by atoms with Gasteiger partial charge >= 0.3 is 11.9 Å². The molecule has 2 aromatic carbocycles. The Hall–Kier alpha value is -4.65. The SMILES string of the molecule is CC(C)c1nc2c(c(-c3ccc(F)cc3)c1/C=C/[C@@H](O)C[C@@H](O)CC(=O)O)CCCc1ccccc1-2.NC(N)=NCCCC(N)C(=O)O. The van der Waals surface area contributed by atoms with Crippen molar-refractivity contribution < 1.29 is 34.4 Å². The van der Waals surface area contributed by atoms with Gasteiger partial charge < -0.3 is 37.6 Å². The zero-order valence-electron chi connectivity index (χ0n) is 27.3. The second-order valence-corrected chi connectivity index (χ2v) is 12.1. The molecular weight excluding hydrogens is 617 g/mol. The van der Waals surface area contributed by atoms with E-state index in [2.05, 4.69) is 31.0 Å². The highest BCUT2D eigenvalue weighted by Crippen LogP contribution is 2.42. The van der Waals surface area contributed by atoms with E-state index in [0.717, 1.165) is 58.5 Å². The highest BCUT2D eigenvalue weighted by atomic mass is 19.1.